The molecular formula is C16H20ClN7O. The van der Waals surface area contributed by atoms with Crippen molar-refractivity contribution < 1.29 is 4.79 Å². The Morgan fingerprint density at radius 3 is 2.76 bits per heavy atom. The highest BCUT2D eigenvalue weighted by Crippen LogP contribution is 2.21. The third-order valence-electron chi connectivity index (χ3n) is 4.10. The van der Waals surface area contributed by atoms with Crippen LogP contribution in [0.25, 0.3) is 0 Å². The van der Waals surface area contributed by atoms with Crippen LogP contribution in [-0.4, -0.2) is 39.7 Å². The summed E-state index contributed by atoms with van der Waals surface area (Å²) in [5, 5.41) is 18.2. The Bertz CT molecular complexity index is 753. The van der Waals surface area contributed by atoms with Gasteiger partial charge in [0.2, 0.25) is 5.95 Å². The lowest BCUT2D eigenvalue weighted by Gasteiger charge is -2.30. The van der Waals surface area contributed by atoms with Crippen LogP contribution in [0.4, 0.5) is 17.5 Å². The van der Waals surface area contributed by atoms with Gasteiger partial charge in [-0.15, -0.1) is 10.2 Å². The van der Waals surface area contributed by atoms with Gasteiger partial charge >= 0.3 is 0 Å². The monoisotopic (exact) mass is 361 g/mol. The second-order valence-corrected chi connectivity index (χ2v) is 6.40. The molecule has 1 saturated heterocycles. The van der Waals surface area contributed by atoms with E-state index in [1.807, 2.05) is 0 Å². The smallest absolute Gasteiger partial charge is 0.273 e. The highest BCUT2D eigenvalue weighted by atomic mass is 35.5. The van der Waals surface area contributed by atoms with Crippen molar-refractivity contribution in [1.29, 1.82) is 0 Å². The summed E-state index contributed by atoms with van der Waals surface area (Å²) in [7, 11) is 0. The SMILES string of the molecule is C[C@H]1NCCC[C@H]1Nc1nnc(C(N)=O)c(Nc2ccc(Cl)cc2)n1. The first-order valence-electron chi connectivity index (χ1n) is 8.10. The Balaban J connectivity index is 1.83. The lowest BCUT2D eigenvalue weighted by atomic mass is 10.0. The number of nitrogens with two attached hydrogens (primary N) is 1. The molecule has 2 atom stereocenters. The van der Waals surface area contributed by atoms with Crippen LogP contribution >= 0.6 is 11.6 Å². The number of halogens is 1. The summed E-state index contributed by atoms with van der Waals surface area (Å²) in [6, 6.07) is 7.50. The topological polar surface area (TPSA) is 118 Å². The molecule has 1 aromatic carbocycles. The van der Waals surface area contributed by atoms with Gasteiger partial charge in [-0.05, 0) is 50.6 Å². The Labute approximate surface area is 150 Å². The van der Waals surface area contributed by atoms with Gasteiger partial charge in [-0.2, -0.15) is 4.98 Å². The Morgan fingerprint density at radius 2 is 2.08 bits per heavy atom. The van der Waals surface area contributed by atoms with Gasteiger partial charge in [0.1, 0.15) is 0 Å². The van der Waals surface area contributed by atoms with Gasteiger partial charge in [0.15, 0.2) is 11.5 Å². The highest BCUT2D eigenvalue weighted by molar-refractivity contribution is 6.30. The summed E-state index contributed by atoms with van der Waals surface area (Å²) in [5.41, 5.74) is 6.07. The van der Waals surface area contributed by atoms with Crippen LogP contribution in [-0.2, 0) is 0 Å². The van der Waals surface area contributed by atoms with Crippen molar-refractivity contribution in [2.45, 2.75) is 31.8 Å². The molecule has 2 aromatic rings. The molecule has 5 N–H and O–H groups in total. The molecule has 8 nitrogen and oxygen atoms in total. The second-order valence-electron chi connectivity index (χ2n) is 5.96. The fourth-order valence-electron chi connectivity index (χ4n) is 2.72. The number of carbonyl (C=O) groups is 1. The number of piperidine rings is 1. The van der Waals surface area contributed by atoms with E-state index in [0.29, 0.717) is 22.7 Å². The first kappa shape index (κ1) is 17.4. The van der Waals surface area contributed by atoms with Crippen LogP contribution in [0.1, 0.15) is 30.3 Å². The van der Waals surface area contributed by atoms with Crippen molar-refractivity contribution in [3.8, 4) is 0 Å². The number of carbonyl (C=O) groups excluding carboxylic acids is 1. The molecule has 1 aliphatic rings. The van der Waals surface area contributed by atoms with E-state index in [-0.39, 0.29) is 17.6 Å². The minimum atomic E-state index is -0.698. The molecule has 0 radical (unpaired) electrons. The summed E-state index contributed by atoms with van der Waals surface area (Å²) in [5.74, 6) is -0.0959. The minimum absolute atomic E-state index is 0.0182. The van der Waals surface area contributed by atoms with Crippen LogP contribution in [0.2, 0.25) is 5.02 Å². The molecule has 0 saturated carbocycles. The van der Waals surface area contributed by atoms with E-state index in [4.69, 9.17) is 17.3 Å². The lowest BCUT2D eigenvalue weighted by molar-refractivity contribution is 0.0995. The van der Waals surface area contributed by atoms with Crippen LogP contribution in [0.15, 0.2) is 24.3 Å². The normalized spacial score (nSPS) is 20.1. The highest BCUT2D eigenvalue weighted by Gasteiger charge is 2.22. The van der Waals surface area contributed by atoms with Gasteiger partial charge < -0.3 is 21.7 Å². The number of hydrogen-bond acceptors (Lipinski definition) is 7. The van der Waals surface area contributed by atoms with Gasteiger partial charge in [0.25, 0.3) is 5.91 Å². The molecule has 132 valence electrons. The summed E-state index contributed by atoms with van der Waals surface area (Å²) < 4.78 is 0. The molecule has 0 unspecified atom stereocenters. The van der Waals surface area contributed by atoms with Crippen molar-refractivity contribution in [3.05, 3.63) is 35.0 Å². The zero-order chi connectivity index (χ0) is 17.8. The van der Waals surface area contributed by atoms with Gasteiger partial charge in [0.05, 0.1) is 0 Å². The van der Waals surface area contributed by atoms with Gasteiger partial charge in [0, 0.05) is 22.8 Å². The second kappa shape index (κ2) is 7.62. The fourth-order valence-corrected chi connectivity index (χ4v) is 2.84. The zero-order valence-electron chi connectivity index (χ0n) is 13.8. The maximum absolute atomic E-state index is 11.6. The van der Waals surface area contributed by atoms with Gasteiger partial charge in [-0.1, -0.05) is 11.6 Å². The molecule has 1 aromatic heterocycles. The van der Waals surface area contributed by atoms with E-state index in [1.165, 1.54) is 0 Å². The van der Waals surface area contributed by atoms with Gasteiger partial charge in [-0.25, -0.2) is 0 Å². The van der Waals surface area contributed by atoms with E-state index in [1.54, 1.807) is 24.3 Å². The number of rotatable bonds is 5. The number of primary amides is 1. The standard InChI is InChI=1S/C16H20ClN7O/c1-9-12(3-2-8-19-9)21-16-22-15(13(14(18)25)23-24-16)20-11-6-4-10(17)5-7-11/h4-7,9,12,19H,2-3,8H2,1H3,(H2,18,25)(H2,20,21,22,24)/t9-,12-/m1/s1. The first-order chi connectivity index (χ1) is 12.0. The zero-order valence-corrected chi connectivity index (χ0v) is 14.5. The number of aromatic nitrogens is 3. The van der Waals surface area contributed by atoms with Crippen molar-refractivity contribution >= 4 is 35.0 Å². The van der Waals surface area contributed by atoms with Crippen molar-refractivity contribution in [3.63, 3.8) is 0 Å². The van der Waals surface area contributed by atoms with Crippen LogP contribution in [0.3, 0.4) is 0 Å². The van der Waals surface area contributed by atoms with E-state index >= 15 is 0 Å². The molecule has 3 rings (SSSR count). The summed E-state index contributed by atoms with van der Waals surface area (Å²) in [6.07, 6.45) is 2.08. The van der Waals surface area contributed by atoms with Crippen LogP contribution < -0.4 is 21.7 Å². The van der Waals surface area contributed by atoms with Crippen molar-refractivity contribution in [1.82, 2.24) is 20.5 Å². The number of anilines is 3. The molecule has 9 heteroatoms. The Hall–Kier alpha value is -2.45. The van der Waals surface area contributed by atoms with Crippen molar-refractivity contribution in [2.24, 2.45) is 5.73 Å². The van der Waals surface area contributed by atoms with E-state index in [9.17, 15) is 4.79 Å². The van der Waals surface area contributed by atoms with Crippen LogP contribution in [0.5, 0.6) is 0 Å². The molecule has 0 spiro atoms. The van der Waals surface area contributed by atoms with E-state index < -0.39 is 5.91 Å². The molecule has 0 aliphatic carbocycles. The first-order valence-corrected chi connectivity index (χ1v) is 8.48. The number of nitrogens with one attached hydrogen (secondary N) is 3. The maximum atomic E-state index is 11.6. The summed E-state index contributed by atoms with van der Waals surface area (Å²) in [4.78, 5) is 16.0. The summed E-state index contributed by atoms with van der Waals surface area (Å²) >= 11 is 5.89. The lowest BCUT2D eigenvalue weighted by Crippen LogP contribution is -2.46. The molecule has 25 heavy (non-hydrogen) atoms. The minimum Gasteiger partial charge on any atom is -0.364 e. The van der Waals surface area contributed by atoms with Gasteiger partial charge in [-0.3, -0.25) is 4.79 Å². The number of benzene rings is 1. The Kier molecular flexibility index (Phi) is 5.30. The van der Waals surface area contributed by atoms with E-state index in [0.717, 1.165) is 19.4 Å². The fraction of sp³-hybridized carbons (Fsp3) is 0.375. The van der Waals surface area contributed by atoms with E-state index in [2.05, 4.69) is 38.1 Å². The molecule has 0 bridgehead atoms. The molecular weight excluding hydrogens is 342 g/mol. The number of nitrogens with zero attached hydrogens (tertiary/aromatic N) is 3. The van der Waals surface area contributed by atoms with Crippen molar-refractivity contribution in [2.75, 3.05) is 17.2 Å². The average molecular weight is 362 g/mol. The van der Waals surface area contributed by atoms with Crippen LogP contribution in [0, 0.1) is 0 Å². The molecule has 2 heterocycles. The predicted molar refractivity (Wildman–Crippen MR) is 97.2 cm³/mol. The third kappa shape index (κ3) is 4.34. The number of amides is 1. The molecule has 1 fully saturated rings. The molecule has 1 amide bonds. The Morgan fingerprint density at radius 1 is 1.32 bits per heavy atom. The predicted octanol–water partition coefficient (Wildman–Crippen LogP) is 1.92. The number of hydrogen-bond donors (Lipinski definition) is 4. The maximum Gasteiger partial charge on any atom is 0.273 e. The quantitative estimate of drug-likeness (QED) is 0.642. The summed E-state index contributed by atoms with van der Waals surface area (Å²) in [6.45, 7) is 3.11. The largest absolute Gasteiger partial charge is 0.364 e. The average Bonchev–Trinajstić information content (AvgIpc) is 2.59. The third-order valence-corrected chi connectivity index (χ3v) is 4.36. The molecule has 1 aliphatic heterocycles.